The van der Waals surface area contributed by atoms with Crippen molar-refractivity contribution in [3.8, 4) is 102 Å². The molecule has 18 aromatic carbocycles. The fraction of sp³-hybridized carbons (Fsp3) is 0. The van der Waals surface area contributed by atoms with Crippen molar-refractivity contribution in [1.29, 1.82) is 0 Å². The second-order valence-corrected chi connectivity index (χ2v) is 34.5. The van der Waals surface area contributed by atoms with Crippen molar-refractivity contribution in [2.24, 2.45) is 0 Å². The van der Waals surface area contributed by atoms with Crippen LogP contribution in [-0.4, -0.2) is 57.3 Å². The Morgan fingerprint density at radius 3 is 0.860 bits per heavy atom. The third kappa shape index (κ3) is 13.2. The Morgan fingerprint density at radius 1 is 0.154 bits per heavy atom. The minimum atomic E-state index is 0.575. The molecule has 0 radical (unpaired) electrons. The number of benzene rings is 18. The van der Waals surface area contributed by atoms with Gasteiger partial charge in [0, 0.05) is 123 Å². The number of rotatable bonds is 12. The van der Waals surface area contributed by atoms with Gasteiger partial charge in [-0.1, -0.05) is 315 Å². The number of hydrogen-bond acceptors (Lipinski definition) is 6. The molecule has 0 amide bonds. The van der Waals surface area contributed by atoms with E-state index >= 15 is 0 Å². The first-order chi connectivity index (χ1) is 67.5. The number of aromatic nitrogens is 12. The van der Waals surface area contributed by atoms with Gasteiger partial charge in [-0.3, -0.25) is 19.5 Å². The smallest absolute Gasteiger partial charge is 0.238 e. The zero-order valence-electron chi connectivity index (χ0n) is 73.6. The molecule has 10 aromatic heterocycles. The third-order valence-electron chi connectivity index (χ3n) is 26.9. The van der Waals surface area contributed by atoms with Crippen molar-refractivity contribution in [3.63, 3.8) is 0 Å². The summed E-state index contributed by atoms with van der Waals surface area (Å²) in [5.41, 5.74) is 30.7. The van der Waals surface area contributed by atoms with Gasteiger partial charge in [0.05, 0.1) is 84.8 Å². The van der Waals surface area contributed by atoms with Gasteiger partial charge in [0.2, 0.25) is 5.95 Å². The monoisotopic (exact) mass is 1740 g/mol. The maximum absolute atomic E-state index is 5.13. The van der Waals surface area contributed by atoms with Crippen LogP contribution >= 0.6 is 0 Å². The fourth-order valence-corrected chi connectivity index (χ4v) is 20.9. The first-order valence-corrected chi connectivity index (χ1v) is 45.9. The molecule has 136 heavy (non-hydrogen) atoms. The number of pyridine rings is 3. The molecule has 0 spiro atoms. The van der Waals surface area contributed by atoms with Crippen molar-refractivity contribution in [2.75, 3.05) is 0 Å². The van der Waals surface area contributed by atoms with E-state index in [1.807, 2.05) is 104 Å². The normalized spacial score (nSPS) is 11.7. The topological polar surface area (TPSA) is 107 Å². The van der Waals surface area contributed by atoms with Crippen LogP contribution in [0.3, 0.4) is 0 Å². The minimum Gasteiger partial charge on any atom is -0.309 e. The summed E-state index contributed by atoms with van der Waals surface area (Å²) in [6.45, 7) is 0. The first kappa shape index (κ1) is 78.5. The minimum absolute atomic E-state index is 0.575. The van der Waals surface area contributed by atoms with Crippen molar-refractivity contribution >= 4 is 142 Å². The van der Waals surface area contributed by atoms with E-state index in [-0.39, 0.29) is 0 Å². The van der Waals surface area contributed by atoms with Gasteiger partial charge in [-0.2, -0.15) is 9.97 Å². The predicted octanol–water partition coefficient (Wildman–Crippen LogP) is 31.2. The summed E-state index contributed by atoms with van der Waals surface area (Å²) in [6, 6.07) is 159. The molecule has 12 heteroatoms. The summed E-state index contributed by atoms with van der Waals surface area (Å²) in [5, 5.41) is 17.0. The highest BCUT2D eigenvalue weighted by Crippen LogP contribution is 2.47. The molecule has 12 nitrogen and oxygen atoms in total. The molecular weight excluding hydrogens is 1660 g/mol. The quantitative estimate of drug-likeness (QED) is 0.121. The molecule has 0 aliphatic heterocycles. The van der Waals surface area contributed by atoms with Crippen molar-refractivity contribution < 1.29 is 0 Å². The van der Waals surface area contributed by atoms with Crippen molar-refractivity contribution in [3.05, 3.63) is 486 Å². The molecule has 0 unspecified atom stereocenters. The van der Waals surface area contributed by atoms with Crippen LogP contribution in [0.2, 0.25) is 0 Å². The Bertz CT molecular complexity index is 9470. The lowest BCUT2D eigenvalue weighted by Crippen LogP contribution is -2.06. The molecule has 636 valence electrons. The summed E-state index contributed by atoms with van der Waals surface area (Å²) in [5.74, 6) is 1.83. The van der Waals surface area contributed by atoms with Crippen LogP contribution in [0.4, 0.5) is 0 Å². The summed E-state index contributed by atoms with van der Waals surface area (Å²) in [7, 11) is 0. The molecule has 28 rings (SSSR count). The Balaban J connectivity index is 0.000000106. The summed E-state index contributed by atoms with van der Waals surface area (Å²) in [4.78, 5) is 28.8. The first-order valence-electron chi connectivity index (χ1n) is 45.9. The van der Waals surface area contributed by atoms with Crippen molar-refractivity contribution in [2.45, 2.75) is 0 Å². The van der Waals surface area contributed by atoms with Gasteiger partial charge in [0.15, 0.2) is 11.6 Å². The van der Waals surface area contributed by atoms with Crippen LogP contribution in [0, 0.1) is 0 Å². The number of nitrogens with zero attached hydrogens (tertiary/aromatic N) is 12. The van der Waals surface area contributed by atoms with E-state index < -0.39 is 0 Å². The molecule has 0 saturated carbocycles. The van der Waals surface area contributed by atoms with E-state index in [1.54, 1.807) is 0 Å². The maximum Gasteiger partial charge on any atom is 0.238 e. The second-order valence-electron chi connectivity index (χ2n) is 34.5. The van der Waals surface area contributed by atoms with Crippen LogP contribution in [0.25, 0.3) is 243 Å². The van der Waals surface area contributed by atoms with E-state index in [9.17, 15) is 0 Å². The molecular formula is C124H80N12. The molecule has 0 fully saturated rings. The third-order valence-corrected chi connectivity index (χ3v) is 26.9. The molecule has 0 atom stereocenters. The number of para-hydroxylation sites is 6. The lowest BCUT2D eigenvalue weighted by Gasteiger charge is -2.12. The van der Waals surface area contributed by atoms with Gasteiger partial charge < -0.3 is 22.8 Å². The van der Waals surface area contributed by atoms with Gasteiger partial charge in [-0.25, -0.2) is 4.98 Å². The van der Waals surface area contributed by atoms with Crippen LogP contribution < -0.4 is 0 Å². The number of fused-ring (bicyclic) bond motifs is 19. The van der Waals surface area contributed by atoms with Crippen LogP contribution in [0.15, 0.2) is 486 Å². The van der Waals surface area contributed by atoms with Gasteiger partial charge in [0.1, 0.15) is 0 Å². The fourth-order valence-electron chi connectivity index (χ4n) is 20.9. The molecule has 0 N–H and O–H groups in total. The highest BCUT2D eigenvalue weighted by atomic mass is 15.2. The highest BCUT2D eigenvalue weighted by Gasteiger charge is 2.26. The average molecular weight is 1740 g/mol. The summed E-state index contributed by atoms with van der Waals surface area (Å²) >= 11 is 0. The van der Waals surface area contributed by atoms with E-state index in [2.05, 4.69) is 425 Å². The number of hydrogen-bond donors (Lipinski definition) is 0. The lowest BCUT2D eigenvalue weighted by atomic mass is 9.98. The Kier molecular flexibility index (Phi) is 19.0. The van der Waals surface area contributed by atoms with Gasteiger partial charge in [0.25, 0.3) is 0 Å². The average Bonchev–Trinajstić information content (AvgIpc) is 1.58. The van der Waals surface area contributed by atoms with Gasteiger partial charge in [-0.15, -0.1) is 0 Å². The van der Waals surface area contributed by atoms with E-state index in [1.165, 1.54) is 131 Å². The molecule has 28 aromatic rings. The molecule has 0 saturated heterocycles. The Hall–Kier alpha value is -18.5. The van der Waals surface area contributed by atoms with Crippen molar-refractivity contribution in [1.82, 2.24) is 57.3 Å². The SMILES string of the molecule is c1ccc(-c2ccc(-n3c4ccccc4c4ccc(-c5cccc6c5c5ccncc5n6-c5ccccc5)cc43)cc2)cc1.c1ccc(-c2nc(-c3ccccc3)nc(-n3c4ccccc4c4ccc(-c5cccc6c5c5ccncc5n6-c5ccccc5)cc43)n2)cc1.c1ccc(-n2c3cnccc3c3c(-c4ccc5c6ccccc6n(-c6ccc7ccccc7c6)c5c4)cccc32)cc1. The Labute approximate surface area is 781 Å². The molecule has 0 aliphatic carbocycles. The van der Waals surface area contributed by atoms with E-state index in [0.717, 1.165) is 94.3 Å². The van der Waals surface area contributed by atoms with Gasteiger partial charge >= 0.3 is 0 Å². The van der Waals surface area contributed by atoms with Crippen LogP contribution in [0.5, 0.6) is 0 Å². The zero-order chi connectivity index (χ0) is 89.7. The van der Waals surface area contributed by atoms with Crippen LogP contribution in [0.1, 0.15) is 0 Å². The summed E-state index contributed by atoms with van der Waals surface area (Å²) in [6.07, 6.45) is 11.6. The highest BCUT2D eigenvalue weighted by molar-refractivity contribution is 6.21. The Morgan fingerprint density at radius 2 is 0.449 bits per heavy atom. The zero-order valence-corrected chi connectivity index (χ0v) is 73.6. The maximum atomic E-state index is 5.13. The van der Waals surface area contributed by atoms with E-state index in [0.29, 0.717) is 17.6 Å². The second kappa shape index (κ2) is 32.8. The molecule has 0 bridgehead atoms. The van der Waals surface area contributed by atoms with Gasteiger partial charge in [-0.05, 0) is 189 Å². The standard InChI is InChI=1S/C44H28N6.C41H27N3.C39H25N3/c1-4-13-29(14-5-1)42-46-43(30-15-6-2-7-16-30)48-44(47-42)50-37-21-11-10-19-34(37)35-24-23-31(27-39(35)50)33-20-12-22-38-41(33)36-25-26-45-28-40(36)49(38)32-17-8-3-9-18-32;1-3-10-28(11-4-1)29-18-21-32(22-19-29)43-37-16-8-7-14-34(37)35-23-20-30(26-39(35)43)33-15-9-17-38-41(33)36-24-25-42-27-40(36)44(38)31-12-5-2-6-13-31;1-2-11-29(12-3-1)41-36-16-8-14-31(39(36)34-21-22-40-25-38(34)41)28-18-20-33-32-13-6-7-15-35(32)42(37(33)24-28)30-19-17-26-9-4-5-10-27(26)23-30/h1-28H;1-27H;1-25H. The molecule has 10 heterocycles. The predicted molar refractivity (Wildman–Crippen MR) is 562 cm³/mol. The van der Waals surface area contributed by atoms with E-state index in [4.69, 9.17) is 15.0 Å². The largest absolute Gasteiger partial charge is 0.309 e. The summed E-state index contributed by atoms with van der Waals surface area (Å²) < 4.78 is 14.0. The molecule has 0 aliphatic rings. The lowest BCUT2D eigenvalue weighted by molar-refractivity contribution is 0.953. The van der Waals surface area contributed by atoms with Crippen LogP contribution in [-0.2, 0) is 0 Å².